The molecule has 0 bridgehead atoms. The summed E-state index contributed by atoms with van der Waals surface area (Å²) in [4.78, 5) is 18.0. The van der Waals surface area contributed by atoms with Crippen molar-refractivity contribution in [2.75, 3.05) is 37.4 Å². The van der Waals surface area contributed by atoms with Crippen molar-refractivity contribution in [3.63, 3.8) is 0 Å². The van der Waals surface area contributed by atoms with Gasteiger partial charge in [-0.15, -0.1) is 0 Å². The zero-order valence-electron chi connectivity index (χ0n) is 12.0. The monoisotopic (exact) mass is 279 g/mol. The standard InChI is InChI=1S/C14H21N3O3/c1-3-19-14(18)11-6-7-16-13(12(11)15)17(2)9-10-5-4-8-20-10/h6-7,10H,3-5,8-9,15H2,1-2H3. The van der Waals surface area contributed by atoms with Crippen LogP contribution in [0.1, 0.15) is 30.1 Å². The number of ether oxygens (including phenoxy) is 2. The second-order valence-electron chi connectivity index (χ2n) is 4.83. The molecular weight excluding hydrogens is 258 g/mol. The van der Waals surface area contributed by atoms with Crippen molar-refractivity contribution in [2.45, 2.75) is 25.9 Å². The molecule has 2 rings (SSSR count). The van der Waals surface area contributed by atoms with E-state index in [4.69, 9.17) is 15.2 Å². The molecule has 1 fully saturated rings. The number of nitrogen functional groups attached to an aromatic ring is 1. The average molecular weight is 279 g/mol. The lowest BCUT2D eigenvalue weighted by molar-refractivity contribution is 0.0527. The van der Waals surface area contributed by atoms with Crippen LogP contribution >= 0.6 is 0 Å². The number of carbonyl (C=O) groups excluding carboxylic acids is 1. The molecule has 6 nitrogen and oxygen atoms in total. The molecule has 0 aromatic carbocycles. The molecule has 6 heteroatoms. The van der Waals surface area contributed by atoms with Crippen LogP contribution in [-0.4, -0.2) is 43.9 Å². The lowest BCUT2D eigenvalue weighted by atomic mass is 10.2. The first kappa shape index (κ1) is 14.6. The molecule has 1 saturated heterocycles. The summed E-state index contributed by atoms with van der Waals surface area (Å²) < 4.78 is 10.6. The molecule has 0 spiro atoms. The minimum atomic E-state index is -0.417. The van der Waals surface area contributed by atoms with Crippen molar-refractivity contribution in [1.29, 1.82) is 0 Å². The summed E-state index contributed by atoms with van der Waals surface area (Å²) in [5.74, 6) is 0.171. The third kappa shape index (κ3) is 3.19. The van der Waals surface area contributed by atoms with Crippen molar-refractivity contribution < 1.29 is 14.3 Å². The summed E-state index contributed by atoms with van der Waals surface area (Å²) in [5.41, 5.74) is 6.75. The first-order valence-electron chi connectivity index (χ1n) is 6.87. The number of esters is 1. The van der Waals surface area contributed by atoms with Gasteiger partial charge in [0.1, 0.15) is 0 Å². The van der Waals surface area contributed by atoms with Crippen LogP contribution in [0.5, 0.6) is 0 Å². The number of nitrogens with two attached hydrogens (primary N) is 1. The van der Waals surface area contributed by atoms with E-state index in [1.165, 1.54) is 0 Å². The summed E-state index contributed by atoms with van der Waals surface area (Å²) in [6, 6.07) is 1.58. The first-order chi connectivity index (χ1) is 9.63. The number of rotatable bonds is 5. The van der Waals surface area contributed by atoms with Crippen LogP contribution in [0.2, 0.25) is 0 Å². The summed E-state index contributed by atoms with van der Waals surface area (Å²) in [5, 5.41) is 0. The van der Waals surface area contributed by atoms with E-state index in [9.17, 15) is 4.79 Å². The summed E-state index contributed by atoms with van der Waals surface area (Å²) in [6.45, 7) is 3.61. The highest BCUT2D eigenvalue weighted by Crippen LogP contribution is 2.25. The molecule has 0 radical (unpaired) electrons. The molecule has 1 atom stereocenters. The minimum absolute atomic E-state index is 0.201. The van der Waals surface area contributed by atoms with E-state index in [2.05, 4.69) is 4.98 Å². The largest absolute Gasteiger partial charge is 0.462 e. The highest BCUT2D eigenvalue weighted by atomic mass is 16.5. The van der Waals surface area contributed by atoms with Gasteiger partial charge in [-0.1, -0.05) is 0 Å². The fourth-order valence-electron chi connectivity index (χ4n) is 2.33. The average Bonchev–Trinajstić information content (AvgIpc) is 2.92. The number of nitrogens with zero attached hydrogens (tertiary/aromatic N) is 2. The Morgan fingerprint density at radius 2 is 2.45 bits per heavy atom. The van der Waals surface area contributed by atoms with Crippen molar-refractivity contribution in [2.24, 2.45) is 0 Å². The third-order valence-electron chi connectivity index (χ3n) is 3.33. The Hall–Kier alpha value is -1.82. The molecular formula is C14H21N3O3. The second-order valence-corrected chi connectivity index (χ2v) is 4.83. The van der Waals surface area contributed by atoms with Gasteiger partial charge in [0, 0.05) is 26.4 Å². The van der Waals surface area contributed by atoms with Gasteiger partial charge in [0.2, 0.25) is 0 Å². The van der Waals surface area contributed by atoms with E-state index in [1.807, 2.05) is 11.9 Å². The maximum absolute atomic E-state index is 11.8. The van der Waals surface area contributed by atoms with Crippen LogP contribution in [0.25, 0.3) is 0 Å². The van der Waals surface area contributed by atoms with E-state index in [1.54, 1.807) is 19.2 Å². The molecule has 110 valence electrons. The zero-order chi connectivity index (χ0) is 14.5. The van der Waals surface area contributed by atoms with Gasteiger partial charge in [-0.2, -0.15) is 0 Å². The predicted molar refractivity (Wildman–Crippen MR) is 76.8 cm³/mol. The van der Waals surface area contributed by atoms with E-state index in [0.717, 1.165) is 19.4 Å². The topological polar surface area (TPSA) is 77.7 Å². The van der Waals surface area contributed by atoms with Gasteiger partial charge < -0.3 is 20.1 Å². The maximum atomic E-state index is 11.8. The van der Waals surface area contributed by atoms with Crippen LogP contribution < -0.4 is 10.6 Å². The predicted octanol–water partition coefficient (Wildman–Crippen LogP) is 1.46. The summed E-state index contributed by atoms with van der Waals surface area (Å²) >= 11 is 0. The lowest BCUT2D eigenvalue weighted by Gasteiger charge is -2.23. The molecule has 1 aliphatic heterocycles. The molecule has 1 unspecified atom stereocenters. The van der Waals surface area contributed by atoms with Crippen LogP contribution in [0, 0.1) is 0 Å². The lowest BCUT2D eigenvalue weighted by Crippen LogP contribution is -2.30. The minimum Gasteiger partial charge on any atom is -0.462 e. The van der Waals surface area contributed by atoms with Gasteiger partial charge in [-0.3, -0.25) is 0 Å². The van der Waals surface area contributed by atoms with E-state index in [-0.39, 0.29) is 6.10 Å². The van der Waals surface area contributed by atoms with Gasteiger partial charge in [0.05, 0.1) is 24.0 Å². The third-order valence-corrected chi connectivity index (χ3v) is 3.33. The molecule has 0 aliphatic carbocycles. The summed E-state index contributed by atoms with van der Waals surface area (Å²) in [7, 11) is 1.90. The number of anilines is 2. The van der Waals surface area contributed by atoms with E-state index < -0.39 is 5.97 Å². The Labute approximate surface area is 118 Å². The van der Waals surface area contributed by atoms with Gasteiger partial charge in [-0.25, -0.2) is 9.78 Å². The van der Waals surface area contributed by atoms with E-state index in [0.29, 0.717) is 30.2 Å². The van der Waals surface area contributed by atoms with Crippen LogP contribution in [0.15, 0.2) is 12.3 Å². The Bertz CT molecular complexity index is 473. The molecule has 0 saturated carbocycles. The number of carbonyl (C=O) groups is 1. The van der Waals surface area contributed by atoms with Gasteiger partial charge in [0.25, 0.3) is 0 Å². The van der Waals surface area contributed by atoms with E-state index >= 15 is 0 Å². The SMILES string of the molecule is CCOC(=O)c1ccnc(N(C)CC2CCCO2)c1N. The number of pyridine rings is 1. The molecule has 2 N–H and O–H groups in total. The van der Waals surface area contributed by atoms with Crippen molar-refractivity contribution in [3.8, 4) is 0 Å². The van der Waals surface area contributed by atoms with Gasteiger partial charge in [-0.05, 0) is 25.8 Å². The van der Waals surface area contributed by atoms with Crippen LogP contribution in [-0.2, 0) is 9.47 Å². The first-order valence-corrected chi connectivity index (χ1v) is 6.87. The summed E-state index contributed by atoms with van der Waals surface area (Å²) in [6.07, 6.45) is 3.91. The van der Waals surface area contributed by atoms with Crippen molar-refractivity contribution in [1.82, 2.24) is 4.98 Å². The van der Waals surface area contributed by atoms with Gasteiger partial charge in [0.15, 0.2) is 5.82 Å². The van der Waals surface area contributed by atoms with Crippen LogP contribution in [0.4, 0.5) is 11.5 Å². The normalized spacial score (nSPS) is 18.0. The van der Waals surface area contributed by atoms with Gasteiger partial charge >= 0.3 is 5.97 Å². The zero-order valence-corrected chi connectivity index (χ0v) is 12.0. The molecule has 1 aromatic rings. The molecule has 20 heavy (non-hydrogen) atoms. The molecule has 1 aromatic heterocycles. The Morgan fingerprint density at radius 3 is 3.10 bits per heavy atom. The quantitative estimate of drug-likeness (QED) is 0.822. The Morgan fingerprint density at radius 1 is 1.65 bits per heavy atom. The van der Waals surface area contributed by atoms with Crippen molar-refractivity contribution in [3.05, 3.63) is 17.8 Å². The Kier molecular flexibility index (Phi) is 4.79. The highest BCUT2D eigenvalue weighted by molar-refractivity contribution is 5.97. The maximum Gasteiger partial charge on any atom is 0.340 e. The molecule has 2 heterocycles. The van der Waals surface area contributed by atoms with Crippen molar-refractivity contribution >= 4 is 17.5 Å². The van der Waals surface area contributed by atoms with Crippen LogP contribution in [0.3, 0.4) is 0 Å². The second kappa shape index (κ2) is 6.56. The Balaban J connectivity index is 2.14. The number of hydrogen-bond acceptors (Lipinski definition) is 6. The number of aromatic nitrogens is 1. The number of hydrogen-bond donors (Lipinski definition) is 1. The number of likely N-dealkylation sites (N-methyl/N-ethyl adjacent to an activating group) is 1. The fourth-order valence-corrected chi connectivity index (χ4v) is 2.33. The smallest absolute Gasteiger partial charge is 0.340 e. The fraction of sp³-hybridized carbons (Fsp3) is 0.571. The molecule has 1 aliphatic rings. The molecule has 0 amide bonds. The highest BCUT2D eigenvalue weighted by Gasteiger charge is 2.21.